The van der Waals surface area contributed by atoms with Gasteiger partial charge in [-0.25, -0.2) is 0 Å². The zero-order valence-corrected chi connectivity index (χ0v) is 31.0. The molecule has 0 aliphatic carbocycles. The van der Waals surface area contributed by atoms with Crippen molar-refractivity contribution in [3.05, 3.63) is 118 Å². The molecule has 0 amide bonds. The zero-order valence-electron chi connectivity index (χ0n) is 31.0. The van der Waals surface area contributed by atoms with Gasteiger partial charge in [0.1, 0.15) is 6.10 Å². The number of hydrogen-bond donors (Lipinski definition) is 2. The van der Waals surface area contributed by atoms with Crippen LogP contribution in [0.3, 0.4) is 0 Å². The predicted molar refractivity (Wildman–Crippen MR) is 204 cm³/mol. The van der Waals surface area contributed by atoms with Gasteiger partial charge in [0.05, 0.1) is 50.3 Å². The number of hydrogen-bond acceptors (Lipinski definition) is 6. The van der Waals surface area contributed by atoms with Crippen LogP contribution in [0, 0.1) is 23.7 Å². The Bertz CT molecular complexity index is 1440. The Morgan fingerprint density at radius 2 is 1.27 bits per heavy atom. The number of ether oxygens (including phenoxy) is 3. The van der Waals surface area contributed by atoms with E-state index in [0.29, 0.717) is 51.9 Å². The van der Waals surface area contributed by atoms with Gasteiger partial charge in [0.2, 0.25) is 0 Å². The number of aliphatic hydroxyl groups is 2. The van der Waals surface area contributed by atoms with Crippen molar-refractivity contribution in [2.24, 2.45) is 17.0 Å². The molecule has 0 radical (unpaired) electrons. The number of nitrogens with zero attached hydrogens (tertiary/aromatic N) is 3. The van der Waals surface area contributed by atoms with Crippen molar-refractivity contribution in [1.29, 1.82) is 0 Å². The smallest absolute Gasteiger partial charge is 0.118 e. The van der Waals surface area contributed by atoms with E-state index in [-0.39, 0.29) is 36.2 Å². The van der Waals surface area contributed by atoms with Crippen LogP contribution in [0.15, 0.2) is 96.1 Å². The quantitative estimate of drug-likeness (QED) is 0.0419. The van der Waals surface area contributed by atoms with E-state index in [9.17, 15) is 15.7 Å². The third-order valence-electron chi connectivity index (χ3n) is 9.30. The fourth-order valence-corrected chi connectivity index (χ4v) is 6.10. The van der Waals surface area contributed by atoms with Gasteiger partial charge in [-0.2, -0.15) is 0 Å². The maximum atomic E-state index is 10.9. The van der Waals surface area contributed by atoms with E-state index in [4.69, 9.17) is 14.2 Å². The van der Waals surface area contributed by atoms with E-state index in [0.717, 1.165) is 36.0 Å². The summed E-state index contributed by atoms with van der Waals surface area (Å²) in [5.41, 5.74) is 12.4. The van der Waals surface area contributed by atoms with Crippen LogP contribution in [0.5, 0.6) is 0 Å². The number of rotatable bonds is 24. The molecule has 0 unspecified atom stereocenters. The normalized spacial score (nSPS) is 16.0. The minimum absolute atomic E-state index is 0.0483. The lowest BCUT2D eigenvalue weighted by atomic mass is 9.88. The van der Waals surface area contributed by atoms with Crippen molar-refractivity contribution in [3.63, 3.8) is 0 Å². The standard InChI is InChI=1S/C43H59N3O5/c1-5-6-18-34(3)43(48)41(47)28-33(2)27-39(49-30-36-19-10-7-11-20-36)25-16-17-26-40(50-31-37-21-12-8-13-22-37)29-42(35(4)45-46-44)51-32-38-23-14-9-15-24-38/h7-15,19-24,33-35,39-43,47-48H,5-6,17-18,26-32H2,1-4H3/t33-,34+,35-,39+,40+,41-,42-,43+/m0/s1. The molecule has 0 aliphatic heterocycles. The summed E-state index contributed by atoms with van der Waals surface area (Å²) >= 11 is 0. The van der Waals surface area contributed by atoms with Crippen LogP contribution in [0.4, 0.5) is 0 Å². The van der Waals surface area contributed by atoms with Crippen molar-refractivity contribution in [1.82, 2.24) is 0 Å². The minimum Gasteiger partial charge on any atom is -0.390 e. The highest BCUT2D eigenvalue weighted by Crippen LogP contribution is 2.23. The van der Waals surface area contributed by atoms with Gasteiger partial charge in [-0.05, 0) is 59.7 Å². The second kappa shape index (κ2) is 24.5. The van der Waals surface area contributed by atoms with E-state index in [2.05, 4.69) is 35.7 Å². The molecule has 0 saturated heterocycles. The molecule has 2 N–H and O–H groups in total. The molecule has 8 heteroatoms. The van der Waals surface area contributed by atoms with Crippen molar-refractivity contribution in [3.8, 4) is 11.8 Å². The number of azide groups is 1. The second-order valence-corrected chi connectivity index (χ2v) is 13.8. The van der Waals surface area contributed by atoms with Gasteiger partial charge in [-0.15, -0.1) is 5.92 Å². The van der Waals surface area contributed by atoms with Crippen molar-refractivity contribution < 1.29 is 24.4 Å². The predicted octanol–water partition coefficient (Wildman–Crippen LogP) is 9.58. The molecular formula is C43H59N3O5. The fourth-order valence-electron chi connectivity index (χ4n) is 6.10. The summed E-state index contributed by atoms with van der Waals surface area (Å²) in [7, 11) is 0. The molecular weight excluding hydrogens is 638 g/mol. The first-order valence-electron chi connectivity index (χ1n) is 18.6. The lowest BCUT2D eigenvalue weighted by Gasteiger charge is -2.27. The van der Waals surface area contributed by atoms with Crippen LogP contribution in [0.2, 0.25) is 0 Å². The van der Waals surface area contributed by atoms with Crippen molar-refractivity contribution in [2.45, 2.75) is 135 Å². The summed E-state index contributed by atoms with van der Waals surface area (Å²) < 4.78 is 19.1. The van der Waals surface area contributed by atoms with E-state index >= 15 is 0 Å². The fraction of sp³-hybridized carbons (Fsp3) is 0.535. The van der Waals surface area contributed by atoms with Crippen LogP contribution in [0.1, 0.15) is 95.8 Å². The summed E-state index contributed by atoms with van der Waals surface area (Å²) in [6, 6.07) is 29.7. The van der Waals surface area contributed by atoms with E-state index in [1.54, 1.807) is 0 Å². The molecule has 276 valence electrons. The van der Waals surface area contributed by atoms with Gasteiger partial charge in [0.15, 0.2) is 0 Å². The van der Waals surface area contributed by atoms with Crippen LogP contribution >= 0.6 is 0 Å². The highest BCUT2D eigenvalue weighted by Gasteiger charge is 2.26. The Morgan fingerprint density at radius 1 is 0.725 bits per heavy atom. The second-order valence-electron chi connectivity index (χ2n) is 13.8. The van der Waals surface area contributed by atoms with Crippen molar-refractivity contribution in [2.75, 3.05) is 0 Å². The van der Waals surface area contributed by atoms with Crippen molar-refractivity contribution >= 4 is 0 Å². The molecule has 0 fully saturated rings. The monoisotopic (exact) mass is 697 g/mol. The topological polar surface area (TPSA) is 117 Å². The number of benzene rings is 3. The maximum absolute atomic E-state index is 10.9. The zero-order chi connectivity index (χ0) is 36.7. The molecule has 0 spiro atoms. The Kier molecular flexibility index (Phi) is 20.1. The van der Waals surface area contributed by atoms with Gasteiger partial charge in [0.25, 0.3) is 0 Å². The first-order valence-corrected chi connectivity index (χ1v) is 18.6. The molecule has 51 heavy (non-hydrogen) atoms. The Morgan fingerprint density at radius 3 is 1.82 bits per heavy atom. The van der Waals surface area contributed by atoms with Gasteiger partial charge in [-0.1, -0.05) is 143 Å². The summed E-state index contributed by atoms with van der Waals surface area (Å²) in [6.45, 7) is 9.40. The Hall–Kier alpha value is -3.67. The van der Waals surface area contributed by atoms with Gasteiger partial charge < -0.3 is 24.4 Å². The third kappa shape index (κ3) is 16.9. The maximum Gasteiger partial charge on any atom is 0.118 e. The molecule has 8 nitrogen and oxygen atoms in total. The SMILES string of the molecule is CCCC[C@@H](C)[C@@H](O)[C@@H](O)C[C@@H](C)C[C@@H](C#CCC[C@H](C[C@H](OCc1ccccc1)[C@H](C)N=[N+]=[N-])OCc1ccccc1)OCc1ccccc1. The largest absolute Gasteiger partial charge is 0.390 e. The van der Waals surface area contributed by atoms with Gasteiger partial charge in [0, 0.05) is 17.8 Å². The lowest BCUT2D eigenvalue weighted by molar-refractivity contribution is -0.0386. The Labute approximate surface area is 306 Å². The molecule has 0 aliphatic rings. The minimum atomic E-state index is -0.790. The van der Waals surface area contributed by atoms with Crippen LogP contribution in [0.25, 0.3) is 10.4 Å². The van der Waals surface area contributed by atoms with Gasteiger partial charge in [-0.3, -0.25) is 0 Å². The number of aliphatic hydroxyl groups excluding tert-OH is 2. The van der Waals surface area contributed by atoms with Gasteiger partial charge >= 0.3 is 0 Å². The summed E-state index contributed by atoms with van der Waals surface area (Å²) in [6.07, 6.45) is 3.51. The average Bonchev–Trinajstić information content (AvgIpc) is 3.15. The van der Waals surface area contributed by atoms with E-state index in [1.807, 2.05) is 105 Å². The molecule has 3 aromatic rings. The van der Waals surface area contributed by atoms with Crippen LogP contribution < -0.4 is 0 Å². The molecule has 3 aromatic carbocycles. The first kappa shape index (κ1) is 41.7. The first-order chi connectivity index (χ1) is 24.8. The molecule has 3 rings (SSSR count). The molecule has 0 saturated carbocycles. The third-order valence-corrected chi connectivity index (χ3v) is 9.30. The lowest BCUT2D eigenvalue weighted by Crippen LogP contribution is -2.34. The Balaban J connectivity index is 1.70. The van der Waals surface area contributed by atoms with Crippen LogP contribution in [-0.4, -0.2) is 46.8 Å². The highest BCUT2D eigenvalue weighted by molar-refractivity contribution is 5.15. The van der Waals surface area contributed by atoms with Crippen LogP contribution in [-0.2, 0) is 34.0 Å². The molecule has 8 atom stereocenters. The molecule has 0 aromatic heterocycles. The number of unbranched alkanes of at least 4 members (excludes halogenated alkanes) is 1. The highest BCUT2D eigenvalue weighted by atomic mass is 16.5. The summed E-state index contributed by atoms with van der Waals surface area (Å²) in [5.74, 6) is 6.89. The van der Waals surface area contributed by atoms with E-state index in [1.165, 1.54) is 0 Å². The average molecular weight is 698 g/mol. The summed E-state index contributed by atoms with van der Waals surface area (Å²) in [4.78, 5) is 3.06. The molecule has 0 heterocycles. The summed E-state index contributed by atoms with van der Waals surface area (Å²) in [5, 5.41) is 25.6. The molecule has 0 bridgehead atoms. The van der Waals surface area contributed by atoms with E-state index < -0.39 is 12.2 Å².